The summed E-state index contributed by atoms with van der Waals surface area (Å²) in [5.41, 5.74) is -2.34. The second-order valence-electron chi connectivity index (χ2n) is 12.0. The third-order valence-corrected chi connectivity index (χ3v) is 12.7. The highest BCUT2D eigenvalue weighted by Gasteiger charge is 2.76. The number of thioether (sulfide) groups is 1. The molecule has 3 fully saturated rings. The summed E-state index contributed by atoms with van der Waals surface area (Å²) in [6.07, 6.45) is 8.39. The number of alkyl halides is 1. The van der Waals surface area contributed by atoms with E-state index in [2.05, 4.69) is 41.4 Å². The van der Waals surface area contributed by atoms with E-state index in [-0.39, 0.29) is 53.2 Å². The zero-order chi connectivity index (χ0) is 28.9. The van der Waals surface area contributed by atoms with E-state index in [4.69, 9.17) is 14.3 Å². The third kappa shape index (κ3) is 4.03. The molecule has 40 heavy (non-hydrogen) atoms. The van der Waals surface area contributed by atoms with E-state index in [1.54, 1.807) is 18.2 Å². The van der Waals surface area contributed by atoms with Gasteiger partial charge in [0.25, 0.3) is 0 Å². The molecule has 7 nitrogen and oxygen atoms in total. The van der Waals surface area contributed by atoms with Crippen LogP contribution in [0.25, 0.3) is 0 Å². The van der Waals surface area contributed by atoms with Gasteiger partial charge < -0.3 is 19.4 Å². The van der Waals surface area contributed by atoms with Crippen molar-refractivity contribution < 1.29 is 33.8 Å². The first-order valence-corrected chi connectivity index (χ1v) is 16.2. The molecule has 9 heteroatoms. The van der Waals surface area contributed by atoms with Crippen LogP contribution in [0.3, 0.4) is 0 Å². The Balaban J connectivity index is 1.61. The first-order valence-electron chi connectivity index (χ1n) is 13.7. The maximum absolute atomic E-state index is 14.2. The van der Waals surface area contributed by atoms with E-state index in [1.807, 2.05) is 19.9 Å². The van der Waals surface area contributed by atoms with Crippen LogP contribution >= 0.6 is 34.4 Å². The van der Waals surface area contributed by atoms with Crippen LogP contribution in [0.4, 0.5) is 0 Å². The third-order valence-electron chi connectivity index (χ3n) is 10.6. The van der Waals surface area contributed by atoms with Crippen molar-refractivity contribution in [1.29, 1.82) is 0 Å². The lowest BCUT2D eigenvalue weighted by atomic mass is 9.40. The van der Waals surface area contributed by atoms with Crippen molar-refractivity contribution in [3.63, 3.8) is 0 Å². The van der Waals surface area contributed by atoms with Gasteiger partial charge in [-0.2, -0.15) is 0 Å². The predicted octanol–water partition coefficient (Wildman–Crippen LogP) is 4.76. The Hall–Kier alpha value is -1.87. The van der Waals surface area contributed by atoms with Crippen LogP contribution in [-0.2, 0) is 14.3 Å². The minimum atomic E-state index is -1.51. The number of aliphatic hydroxyl groups excluding tert-OH is 2. The summed E-state index contributed by atoms with van der Waals surface area (Å²) < 4.78 is 12.3. The van der Waals surface area contributed by atoms with Crippen LogP contribution in [-0.4, -0.2) is 55.6 Å². The lowest BCUT2D eigenvalue weighted by Gasteiger charge is -2.66. The number of halogens is 1. The summed E-state index contributed by atoms with van der Waals surface area (Å²) >= 11 is 3.37. The molecule has 0 radical (unpaired) electrons. The quantitative estimate of drug-likeness (QED) is 0.199. The maximum Gasteiger partial charge on any atom is 0.375 e. The molecule has 3 saturated carbocycles. The van der Waals surface area contributed by atoms with E-state index in [0.29, 0.717) is 10.8 Å². The molecule has 0 aromatic carbocycles. The molecule has 2 unspecified atom stereocenters. The average Bonchev–Trinajstić information content (AvgIpc) is 3.53. The number of fused-ring (bicyclic) bond motifs is 5. The van der Waals surface area contributed by atoms with Crippen LogP contribution in [0, 0.1) is 45.8 Å². The summed E-state index contributed by atoms with van der Waals surface area (Å²) in [5.74, 6) is 4.51. The zero-order valence-electron chi connectivity index (χ0n) is 22.9. The topological polar surface area (TPSA) is 114 Å². The number of rotatable bonds is 5. The smallest absolute Gasteiger partial charge is 0.375 e. The second kappa shape index (κ2) is 10.8. The Kier molecular flexibility index (Phi) is 7.96. The fraction of sp³-hybridized carbons (Fsp3) is 0.581. The summed E-state index contributed by atoms with van der Waals surface area (Å²) in [6.45, 7) is 5.81. The van der Waals surface area contributed by atoms with Crippen molar-refractivity contribution in [1.82, 2.24) is 0 Å². The van der Waals surface area contributed by atoms with Crippen LogP contribution in [0.5, 0.6) is 0 Å². The van der Waals surface area contributed by atoms with E-state index >= 15 is 0 Å². The molecular weight excluding hydrogens is 643 g/mol. The molecule has 0 spiro atoms. The number of aliphatic hydroxyl groups is 2. The van der Waals surface area contributed by atoms with Gasteiger partial charge in [-0.05, 0) is 61.8 Å². The Morgan fingerprint density at radius 1 is 1.27 bits per heavy atom. The monoisotopic (exact) mass is 678 g/mol. The Morgan fingerprint density at radius 3 is 2.73 bits per heavy atom. The number of furan rings is 1. The Morgan fingerprint density at radius 2 is 2.05 bits per heavy atom. The van der Waals surface area contributed by atoms with Gasteiger partial charge in [-0.15, -0.1) is 0 Å². The van der Waals surface area contributed by atoms with Crippen LogP contribution in [0.1, 0.15) is 57.0 Å². The van der Waals surface area contributed by atoms with Crippen LogP contribution in [0.15, 0.2) is 46.6 Å². The normalized spacial score (nSPS) is 39.8. The van der Waals surface area contributed by atoms with Crippen LogP contribution < -0.4 is 0 Å². The first-order chi connectivity index (χ1) is 19.0. The largest absolute Gasteiger partial charge is 0.457 e. The predicted molar refractivity (Wildman–Crippen MR) is 160 cm³/mol. The molecule has 5 rings (SSSR count). The molecule has 2 N–H and O–H groups in total. The first kappa shape index (κ1) is 29.6. The van der Waals surface area contributed by atoms with Gasteiger partial charge in [-0.25, -0.2) is 4.79 Å². The zero-order valence-corrected chi connectivity index (χ0v) is 25.9. The van der Waals surface area contributed by atoms with Gasteiger partial charge in [0.15, 0.2) is 11.4 Å². The van der Waals surface area contributed by atoms with Gasteiger partial charge in [0.1, 0.15) is 6.61 Å². The van der Waals surface area contributed by atoms with Crippen molar-refractivity contribution in [3.05, 3.63) is 48.0 Å². The van der Waals surface area contributed by atoms with Gasteiger partial charge in [0, 0.05) is 26.6 Å². The van der Waals surface area contributed by atoms with Crippen molar-refractivity contribution in [2.75, 3.05) is 16.8 Å². The summed E-state index contributed by atoms with van der Waals surface area (Å²) in [5, 5.41) is 21.0. The number of ether oxygens (including phenoxy) is 1. The summed E-state index contributed by atoms with van der Waals surface area (Å²) in [6, 6.07) is 3.12. The maximum atomic E-state index is 14.2. The van der Waals surface area contributed by atoms with E-state index in [0.717, 1.165) is 30.2 Å². The van der Waals surface area contributed by atoms with E-state index in [9.17, 15) is 19.5 Å². The van der Waals surface area contributed by atoms with Gasteiger partial charge in [0.2, 0.25) is 10.9 Å². The molecule has 1 heterocycles. The highest BCUT2D eigenvalue weighted by Crippen LogP contribution is 2.74. The highest BCUT2D eigenvalue weighted by atomic mass is 127. The summed E-state index contributed by atoms with van der Waals surface area (Å²) in [7, 11) is 0. The number of ketones is 1. The van der Waals surface area contributed by atoms with Crippen molar-refractivity contribution in [3.8, 4) is 11.8 Å². The average molecular weight is 679 g/mol. The van der Waals surface area contributed by atoms with Gasteiger partial charge in [-0.1, -0.05) is 78.6 Å². The second-order valence-corrected chi connectivity index (χ2v) is 13.7. The Bertz CT molecular complexity index is 1320. The lowest BCUT2D eigenvalue weighted by Crippen LogP contribution is -2.68. The standard InChI is InChI=1S/C31H35IO7S/c1-19-15-23-22-9-8-20-16-21(34)10-11-28(20,2)30(22,18-32)25(35)17-29(23,3)31(19,27(37)40-14-5-4-12-33)39-26(36)24-7-6-13-38-24/h6-7,10-11,13,16,19,22-23,25,33,35H,8-9,12,14-15,17-18H2,1-3H3/t19-,22?,23?,25+,28+,29+,30-,31+/m1/s1. The number of allylic oxidation sites excluding steroid dienone is 4. The van der Waals surface area contributed by atoms with Gasteiger partial charge >= 0.3 is 5.97 Å². The SMILES string of the molecule is C[C@@H]1CC2C3CCC4=CC(=O)C=C[C@]4(C)[C@@]3(CI)[C@@H](O)C[C@]2(C)[C@@]1(OC(=O)c1ccco1)C(=O)SCC#CCO. The number of hydrogen-bond donors (Lipinski definition) is 2. The van der Waals surface area contributed by atoms with Gasteiger partial charge in [-0.3, -0.25) is 9.59 Å². The van der Waals surface area contributed by atoms with E-state index in [1.165, 1.54) is 12.3 Å². The minimum Gasteiger partial charge on any atom is -0.457 e. The minimum absolute atomic E-state index is 0.0115. The molecule has 0 aliphatic heterocycles. The molecule has 0 amide bonds. The van der Waals surface area contributed by atoms with Gasteiger partial charge in [0.05, 0.1) is 18.1 Å². The fourth-order valence-electron chi connectivity index (χ4n) is 8.69. The van der Waals surface area contributed by atoms with Crippen molar-refractivity contribution in [2.45, 2.75) is 58.2 Å². The number of esters is 1. The highest BCUT2D eigenvalue weighted by molar-refractivity contribution is 14.1. The molecule has 8 atom stereocenters. The van der Waals surface area contributed by atoms with Crippen molar-refractivity contribution in [2.24, 2.45) is 34.0 Å². The van der Waals surface area contributed by atoms with Crippen molar-refractivity contribution >= 4 is 51.2 Å². The molecule has 0 bridgehead atoms. The van der Waals surface area contributed by atoms with Crippen LogP contribution in [0.2, 0.25) is 0 Å². The molecule has 1 aromatic rings. The van der Waals surface area contributed by atoms with E-state index < -0.39 is 33.9 Å². The fourth-order valence-corrected chi connectivity index (χ4v) is 11.5. The molecule has 4 aliphatic carbocycles. The molecule has 4 aliphatic rings. The molecule has 0 saturated heterocycles. The number of hydrogen-bond acceptors (Lipinski definition) is 8. The molecule has 214 valence electrons. The Labute approximate surface area is 252 Å². The summed E-state index contributed by atoms with van der Waals surface area (Å²) in [4.78, 5) is 40.0. The number of carbonyl (C=O) groups is 3. The molecular formula is C31H35IO7S. The molecule has 1 aromatic heterocycles. The number of carbonyl (C=O) groups excluding carboxylic acids is 3. The lowest BCUT2D eigenvalue weighted by molar-refractivity contribution is -0.202.